The van der Waals surface area contributed by atoms with Crippen LogP contribution >= 0.6 is 0 Å². The number of nitrogens with zero attached hydrogens (tertiary/aromatic N) is 5. The van der Waals surface area contributed by atoms with Crippen molar-refractivity contribution in [3.05, 3.63) is 30.6 Å². The molecule has 2 aromatic rings. The molecular formula is C14H19N5O2S. The lowest BCUT2D eigenvalue weighted by Crippen LogP contribution is -2.38. The molecule has 1 aliphatic rings. The van der Waals surface area contributed by atoms with Crippen molar-refractivity contribution >= 4 is 10.0 Å². The summed E-state index contributed by atoms with van der Waals surface area (Å²) < 4.78 is 26.9. The van der Waals surface area contributed by atoms with Gasteiger partial charge < -0.3 is 4.57 Å². The smallest absolute Gasteiger partial charge is 0.211 e. The third kappa shape index (κ3) is 3.02. The van der Waals surface area contributed by atoms with Gasteiger partial charge in [-0.05, 0) is 12.8 Å². The van der Waals surface area contributed by atoms with Gasteiger partial charge in [-0.2, -0.15) is 0 Å². The summed E-state index contributed by atoms with van der Waals surface area (Å²) in [5.41, 5.74) is 2.49. The Morgan fingerprint density at radius 2 is 2.05 bits per heavy atom. The van der Waals surface area contributed by atoms with Crippen LogP contribution in [0.2, 0.25) is 0 Å². The van der Waals surface area contributed by atoms with E-state index in [0.717, 1.165) is 29.9 Å². The van der Waals surface area contributed by atoms with Gasteiger partial charge in [0.2, 0.25) is 10.0 Å². The van der Waals surface area contributed by atoms with Crippen LogP contribution in [0.15, 0.2) is 24.9 Å². The van der Waals surface area contributed by atoms with E-state index in [2.05, 4.69) is 15.0 Å². The number of hydrogen-bond donors (Lipinski definition) is 0. The van der Waals surface area contributed by atoms with Crippen LogP contribution < -0.4 is 0 Å². The van der Waals surface area contributed by atoms with E-state index in [1.54, 1.807) is 24.9 Å². The second-order valence-corrected chi connectivity index (χ2v) is 7.66. The van der Waals surface area contributed by atoms with E-state index in [-0.39, 0.29) is 5.92 Å². The molecule has 3 rings (SSSR count). The number of sulfonamides is 1. The highest BCUT2D eigenvalue weighted by Crippen LogP contribution is 2.27. The van der Waals surface area contributed by atoms with Crippen LogP contribution in [0, 0.1) is 0 Å². The van der Waals surface area contributed by atoms with Gasteiger partial charge in [-0.3, -0.25) is 4.98 Å². The maximum Gasteiger partial charge on any atom is 0.211 e. The van der Waals surface area contributed by atoms with E-state index in [0.29, 0.717) is 13.1 Å². The lowest BCUT2D eigenvalue weighted by atomic mass is 9.96. The van der Waals surface area contributed by atoms with Gasteiger partial charge in [0.05, 0.1) is 36.4 Å². The van der Waals surface area contributed by atoms with Gasteiger partial charge in [0.15, 0.2) is 0 Å². The number of imidazole rings is 1. The van der Waals surface area contributed by atoms with Crippen molar-refractivity contribution in [2.75, 3.05) is 19.3 Å². The summed E-state index contributed by atoms with van der Waals surface area (Å²) >= 11 is 0. The van der Waals surface area contributed by atoms with Crippen molar-refractivity contribution < 1.29 is 8.42 Å². The van der Waals surface area contributed by atoms with Gasteiger partial charge in [-0.15, -0.1) is 0 Å². The maximum absolute atomic E-state index is 11.7. The van der Waals surface area contributed by atoms with E-state index < -0.39 is 10.0 Å². The Hall–Kier alpha value is -1.80. The second-order valence-electron chi connectivity index (χ2n) is 5.68. The molecule has 8 heteroatoms. The first-order valence-corrected chi connectivity index (χ1v) is 9.04. The molecule has 1 saturated heterocycles. The van der Waals surface area contributed by atoms with Gasteiger partial charge in [-0.1, -0.05) is 0 Å². The highest BCUT2D eigenvalue weighted by atomic mass is 32.2. The number of aromatic nitrogens is 4. The predicted molar refractivity (Wildman–Crippen MR) is 82.6 cm³/mol. The third-order valence-corrected chi connectivity index (χ3v) is 5.27. The first-order chi connectivity index (χ1) is 10.4. The molecule has 0 unspecified atom stereocenters. The van der Waals surface area contributed by atoms with Crippen molar-refractivity contribution in [1.29, 1.82) is 0 Å². The molecule has 0 saturated carbocycles. The SMILES string of the molecule is Cn1cncc1-c1cncc([C@H]2CCCN(S(C)(=O)=O)C2)n1. The Morgan fingerprint density at radius 1 is 1.23 bits per heavy atom. The van der Waals surface area contributed by atoms with Crippen molar-refractivity contribution in [3.8, 4) is 11.4 Å². The number of hydrogen-bond acceptors (Lipinski definition) is 5. The zero-order chi connectivity index (χ0) is 15.7. The normalized spacial score (nSPS) is 20.2. The van der Waals surface area contributed by atoms with Crippen LogP contribution in [0.5, 0.6) is 0 Å². The molecule has 0 N–H and O–H groups in total. The van der Waals surface area contributed by atoms with Gasteiger partial charge in [0.1, 0.15) is 5.69 Å². The average Bonchev–Trinajstić information content (AvgIpc) is 2.93. The fourth-order valence-electron chi connectivity index (χ4n) is 2.79. The fourth-order valence-corrected chi connectivity index (χ4v) is 3.70. The van der Waals surface area contributed by atoms with Crippen LogP contribution in [-0.2, 0) is 17.1 Å². The minimum Gasteiger partial charge on any atom is -0.332 e. The Labute approximate surface area is 130 Å². The van der Waals surface area contributed by atoms with Gasteiger partial charge >= 0.3 is 0 Å². The zero-order valence-corrected chi connectivity index (χ0v) is 13.5. The van der Waals surface area contributed by atoms with Gasteiger partial charge in [-0.25, -0.2) is 22.7 Å². The number of aryl methyl sites for hydroxylation is 1. The minimum absolute atomic E-state index is 0.0872. The standard InChI is InChI=1S/C14H19N5O2S/c1-18-10-16-8-14(18)13-7-15-6-12(17-13)11-4-3-5-19(9-11)22(2,20)21/h6-8,10-11H,3-5,9H2,1-2H3/t11-/m0/s1. The first-order valence-electron chi connectivity index (χ1n) is 7.19. The van der Waals surface area contributed by atoms with Crippen LogP contribution in [0.25, 0.3) is 11.4 Å². The van der Waals surface area contributed by atoms with Crippen molar-refractivity contribution in [2.24, 2.45) is 7.05 Å². The molecule has 0 amide bonds. The zero-order valence-electron chi connectivity index (χ0n) is 12.7. The molecule has 0 bridgehead atoms. The monoisotopic (exact) mass is 321 g/mol. The van der Waals surface area contributed by atoms with Crippen molar-refractivity contribution in [3.63, 3.8) is 0 Å². The Balaban J connectivity index is 1.88. The topological polar surface area (TPSA) is 81.0 Å². The molecule has 1 atom stereocenters. The van der Waals surface area contributed by atoms with Gasteiger partial charge in [0, 0.05) is 32.3 Å². The summed E-state index contributed by atoms with van der Waals surface area (Å²) in [5, 5.41) is 0. The molecular weight excluding hydrogens is 302 g/mol. The van der Waals surface area contributed by atoms with Crippen molar-refractivity contribution in [2.45, 2.75) is 18.8 Å². The van der Waals surface area contributed by atoms with E-state index in [1.807, 2.05) is 11.6 Å². The lowest BCUT2D eigenvalue weighted by molar-refractivity contribution is 0.314. The van der Waals surface area contributed by atoms with Crippen LogP contribution in [0.3, 0.4) is 0 Å². The molecule has 118 valence electrons. The predicted octanol–water partition coefficient (Wildman–Crippen LogP) is 1.02. The minimum atomic E-state index is -3.16. The molecule has 0 radical (unpaired) electrons. The maximum atomic E-state index is 11.7. The second kappa shape index (κ2) is 5.77. The first kappa shape index (κ1) is 15.1. The third-order valence-electron chi connectivity index (χ3n) is 4.00. The summed E-state index contributed by atoms with van der Waals surface area (Å²) in [4.78, 5) is 13.0. The summed E-state index contributed by atoms with van der Waals surface area (Å²) in [7, 11) is -1.25. The average molecular weight is 321 g/mol. The Morgan fingerprint density at radius 3 is 2.73 bits per heavy atom. The summed E-state index contributed by atoms with van der Waals surface area (Å²) in [6.07, 6.45) is 9.93. The van der Waals surface area contributed by atoms with Crippen LogP contribution in [0.1, 0.15) is 24.5 Å². The molecule has 22 heavy (non-hydrogen) atoms. The highest BCUT2D eigenvalue weighted by Gasteiger charge is 2.28. The summed E-state index contributed by atoms with van der Waals surface area (Å²) in [5.74, 6) is 0.0872. The summed E-state index contributed by atoms with van der Waals surface area (Å²) in [6.45, 7) is 1.06. The molecule has 1 fully saturated rings. The molecule has 0 spiro atoms. The Bertz CT molecular complexity index is 771. The van der Waals surface area contributed by atoms with E-state index in [1.165, 1.54) is 10.6 Å². The van der Waals surface area contributed by atoms with Crippen molar-refractivity contribution in [1.82, 2.24) is 23.8 Å². The van der Waals surface area contributed by atoms with Gasteiger partial charge in [0.25, 0.3) is 0 Å². The largest absolute Gasteiger partial charge is 0.332 e. The number of rotatable bonds is 3. The van der Waals surface area contributed by atoms with E-state index in [9.17, 15) is 8.42 Å². The lowest BCUT2D eigenvalue weighted by Gasteiger charge is -2.30. The summed E-state index contributed by atoms with van der Waals surface area (Å²) in [6, 6.07) is 0. The molecule has 0 aliphatic carbocycles. The van der Waals surface area contributed by atoms with Crippen LogP contribution in [-0.4, -0.2) is 51.6 Å². The quantitative estimate of drug-likeness (QED) is 0.843. The molecule has 2 aromatic heterocycles. The highest BCUT2D eigenvalue weighted by molar-refractivity contribution is 7.88. The molecule has 0 aromatic carbocycles. The molecule has 3 heterocycles. The van der Waals surface area contributed by atoms with E-state index in [4.69, 9.17) is 0 Å². The Kier molecular flexibility index (Phi) is 3.96. The van der Waals surface area contributed by atoms with Crippen LogP contribution in [0.4, 0.5) is 0 Å². The van der Waals surface area contributed by atoms with E-state index >= 15 is 0 Å². The fraction of sp³-hybridized carbons (Fsp3) is 0.500. The molecule has 7 nitrogen and oxygen atoms in total. The number of piperidine rings is 1. The molecule has 1 aliphatic heterocycles.